The molecule has 0 bridgehead atoms. The average Bonchev–Trinajstić information content (AvgIpc) is 1.97. The van der Waals surface area contributed by atoms with Gasteiger partial charge in [0, 0.05) is 0 Å². The van der Waals surface area contributed by atoms with Crippen LogP contribution in [0.2, 0.25) is 0 Å². The summed E-state index contributed by atoms with van der Waals surface area (Å²) < 4.78 is 0. The third kappa shape index (κ3) is 5.21. The first-order valence-corrected chi connectivity index (χ1v) is 3.14. The normalized spacial score (nSPS) is 11.8. The van der Waals surface area contributed by atoms with Gasteiger partial charge in [-0.25, -0.2) is 0 Å². The maximum absolute atomic E-state index is 9.77. The van der Waals surface area contributed by atoms with Gasteiger partial charge in [0.25, 0.3) is 10.2 Å². The molecule has 0 heterocycles. The summed E-state index contributed by atoms with van der Waals surface area (Å²) in [5, 5.41) is 17.4. The van der Waals surface area contributed by atoms with Crippen LogP contribution < -0.4 is 0 Å². The van der Waals surface area contributed by atoms with E-state index in [9.17, 15) is 20.2 Å². The summed E-state index contributed by atoms with van der Waals surface area (Å²) in [5.41, 5.74) is 0. The Labute approximate surface area is 67.3 Å². The van der Waals surface area contributed by atoms with E-state index in [1.807, 2.05) is 0 Å². The topological polar surface area (TPSA) is 105 Å². The standard InChI is InChI=1S/C4H8N2O6/c1-2-4(12-6(9)10)3-11-5(7)8/h4H,2-3H2,1H3/t4-/m0/s1. The van der Waals surface area contributed by atoms with Gasteiger partial charge in [-0.1, -0.05) is 6.92 Å². The SMILES string of the molecule is CC[C@@H](CO[N+](=O)[O-])O[N+](=O)[O-]. The van der Waals surface area contributed by atoms with Crippen LogP contribution >= 0.6 is 0 Å². The molecule has 0 aliphatic rings. The average molecular weight is 180 g/mol. The number of nitrogens with zero attached hydrogens (tertiary/aromatic N) is 2. The van der Waals surface area contributed by atoms with Crippen LogP contribution in [0.15, 0.2) is 0 Å². The van der Waals surface area contributed by atoms with E-state index >= 15 is 0 Å². The van der Waals surface area contributed by atoms with Crippen molar-refractivity contribution in [3.8, 4) is 0 Å². The predicted molar refractivity (Wildman–Crippen MR) is 35.1 cm³/mol. The lowest BCUT2D eigenvalue weighted by Gasteiger charge is -2.09. The fourth-order valence-corrected chi connectivity index (χ4v) is 0.489. The second-order valence-electron chi connectivity index (χ2n) is 1.88. The van der Waals surface area contributed by atoms with E-state index in [0.29, 0.717) is 0 Å². The Bertz CT molecular complexity index is 171. The first-order valence-electron chi connectivity index (χ1n) is 3.14. The minimum absolute atomic E-state index is 0.273. The van der Waals surface area contributed by atoms with Crippen molar-refractivity contribution in [2.75, 3.05) is 6.61 Å². The highest BCUT2D eigenvalue weighted by Crippen LogP contribution is 1.98. The molecule has 0 spiro atoms. The quantitative estimate of drug-likeness (QED) is 0.426. The molecular formula is C4H8N2O6. The third-order valence-corrected chi connectivity index (χ3v) is 1.06. The first kappa shape index (κ1) is 10.4. The molecule has 8 heteroatoms. The Morgan fingerprint density at radius 2 is 1.92 bits per heavy atom. The van der Waals surface area contributed by atoms with Gasteiger partial charge in [-0.3, -0.25) is 0 Å². The molecule has 12 heavy (non-hydrogen) atoms. The summed E-state index contributed by atoms with van der Waals surface area (Å²) in [6.45, 7) is 1.17. The van der Waals surface area contributed by atoms with Gasteiger partial charge in [-0.05, 0) is 6.42 Å². The Morgan fingerprint density at radius 3 is 2.25 bits per heavy atom. The first-order chi connectivity index (χ1) is 5.56. The van der Waals surface area contributed by atoms with E-state index in [4.69, 9.17) is 0 Å². The minimum Gasteiger partial charge on any atom is -0.312 e. The molecule has 70 valence electrons. The number of rotatable bonds is 6. The van der Waals surface area contributed by atoms with E-state index in [1.165, 1.54) is 0 Å². The molecule has 0 radical (unpaired) electrons. The van der Waals surface area contributed by atoms with Crippen LogP contribution in [0.4, 0.5) is 0 Å². The van der Waals surface area contributed by atoms with Crippen molar-refractivity contribution in [3.05, 3.63) is 20.2 Å². The summed E-state index contributed by atoms with van der Waals surface area (Å²) in [6.07, 6.45) is -0.611. The van der Waals surface area contributed by atoms with Crippen LogP contribution in [0.5, 0.6) is 0 Å². The molecule has 0 aliphatic carbocycles. The molecule has 0 aromatic rings. The molecule has 0 amide bonds. The van der Waals surface area contributed by atoms with E-state index < -0.39 is 22.9 Å². The summed E-state index contributed by atoms with van der Waals surface area (Å²) >= 11 is 0. The lowest BCUT2D eigenvalue weighted by molar-refractivity contribution is -0.790. The highest BCUT2D eigenvalue weighted by molar-refractivity contribution is 4.47. The van der Waals surface area contributed by atoms with Crippen molar-refractivity contribution in [2.24, 2.45) is 0 Å². The summed E-state index contributed by atoms with van der Waals surface area (Å²) in [4.78, 5) is 27.4. The van der Waals surface area contributed by atoms with Crippen LogP contribution in [0.25, 0.3) is 0 Å². The van der Waals surface area contributed by atoms with Crippen molar-refractivity contribution in [3.63, 3.8) is 0 Å². The van der Waals surface area contributed by atoms with E-state index in [1.54, 1.807) is 6.92 Å². The second kappa shape index (κ2) is 5.10. The Kier molecular flexibility index (Phi) is 4.42. The van der Waals surface area contributed by atoms with Gasteiger partial charge in [-0.15, -0.1) is 20.2 Å². The second-order valence-corrected chi connectivity index (χ2v) is 1.88. The van der Waals surface area contributed by atoms with Gasteiger partial charge in [0.1, 0.15) is 12.7 Å². The molecule has 0 aromatic carbocycles. The van der Waals surface area contributed by atoms with Gasteiger partial charge in [-0.2, -0.15) is 0 Å². The van der Waals surface area contributed by atoms with Crippen molar-refractivity contribution >= 4 is 0 Å². The molecule has 0 rings (SSSR count). The lowest BCUT2D eigenvalue weighted by Crippen LogP contribution is -2.23. The highest BCUT2D eigenvalue weighted by atomic mass is 17.0. The third-order valence-electron chi connectivity index (χ3n) is 1.06. The van der Waals surface area contributed by atoms with Crippen LogP contribution in [0, 0.1) is 20.2 Å². The molecule has 0 saturated heterocycles. The molecule has 0 fully saturated rings. The van der Waals surface area contributed by atoms with Gasteiger partial charge in [0.05, 0.1) is 0 Å². The van der Waals surface area contributed by atoms with E-state index in [0.717, 1.165) is 0 Å². The van der Waals surface area contributed by atoms with Crippen LogP contribution in [0.3, 0.4) is 0 Å². The van der Waals surface area contributed by atoms with Crippen molar-refractivity contribution < 1.29 is 19.8 Å². The van der Waals surface area contributed by atoms with Gasteiger partial charge >= 0.3 is 0 Å². The lowest BCUT2D eigenvalue weighted by atomic mass is 10.3. The Morgan fingerprint density at radius 1 is 1.33 bits per heavy atom. The maximum Gasteiger partial charge on any atom is 0.294 e. The zero-order chi connectivity index (χ0) is 9.56. The zero-order valence-electron chi connectivity index (χ0n) is 6.34. The number of hydrogen-bond donors (Lipinski definition) is 0. The predicted octanol–water partition coefficient (Wildman–Crippen LogP) is 0.182. The fourth-order valence-electron chi connectivity index (χ4n) is 0.489. The molecule has 0 N–H and O–H groups in total. The molecule has 8 nitrogen and oxygen atoms in total. The Balaban J connectivity index is 3.67. The summed E-state index contributed by atoms with van der Waals surface area (Å²) in [5.74, 6) is 0. The minimum atomic E-state index is -1.02. The molecular weight excluding hydrogens is 172 g/mol. The van der Waals surface area contributed by atoms with E-state index in [2.05, 4.69) is 9.68 Å². The van der Waals surface area contributed by atoms with Crippen LogP contribution in [-0.2, 0) is 9.68 Å². The maximum atomic E-state index is 9.77. The fraction of sp³-hybridized carbons (Fsp3) is 1.00. The zero-order valence-corrected chi connectivity index (χ0v) is 6.34. The van der Waals surface area contributed by atoms with Crippen molar-refractivity contribution in [1.29, 1.82) is 0 Å². The molecule has 0 saturated carbocycles. The van der Waals surface area contributed by atoms with Gasteiger partial charge < -0.3 is 9.68 Å². The van der Waals surface area contributed by atoms with Gasteiger partial charge in [0.15, 0.2) is 0 Å². The molecule has 0 unspecified atom stereocenters. The monoisotopic (exact) mass is 180 g/mol. The molecule has 1 atom stereocenters. The molecule has 0 aromatic heterocycles. The van der Waals surface area contributed by atoms with Crippen molar-refractivity contribution in [1.82, 2.24) is 0 Å². The van der Waals surface area contributed by atoms with Crippen LogP contribution in [-0.4, -0.2) is 22.9 Å². The highest BCUT2D eigenvalue weighted by Gasteiger charge is 2.12. The summed E-state index contributed by atoms with van der Waals surface area (Å²) in [7, 11) is 0. The molecule has 0 aliphatic heterocycles. The smallest absolute Gasteiger partial charge is 0.294 e. The number of hydrogen-bond acceptors (Lipinski definition) is 6. The summed E-state index contributed by atoms with van der Waals surface area (Å²) in [6, 6.07) is 0. The van der Waals surface area contributed by atoms with E-state index in [-0.39, 0.29) is 6.42 Å². The largest absolute Gasteiger partial charge is 0.312 e. The van der Waals surface area contributed by atoms with Crippen LogP contribution in [0.1, 0.15) is 13.3 Å². The Hall–Kier alpha value is -1.60. The van der Waals surface area contributed by atoms with Gasteiger partial charge in [0.2, 0.25) is 0 Å². The van der Waals surface area contributed by atoms with Crippen molar-refractivity contribution in [2.45, 2.75) is 19.4 Å².